The van der Waals surface area contributed by atoms with Crippen LogP contribution in [0.2, 0.25) is 0 Å². The Balaban J connectivity index is 2.36. The van der Waals surface area contributed by atoms with Gasteiger partial charge in [-0.05, 0) is 18.3 Å². The van der Waals surface area contributed by atoms with Crippen LogP contribution < -0.4 is 0 Å². The van der Waals surface area contributed by atoms with Crippen molar-refractivity contribution in [3.05, 3.63) is 0 Å². The van der Waals surface area contributed by atoms with E-state index in [1.807, 2.05) is 13.8 Å². The number of aldehydes is 1. The average molecular weight is 154 g/mol. The average Bonchev–Trinajstić information content (AvgIpc) is 2.72. The van der Waals surface area contributed by atoms with Crippen LogP contribution in [-0.2, 0) is 4.79 Å². The summed E-state index contributed by atoms with van der Waals surface area (Å²) in [6.07, 6.45) is 5.12. The van der Waals surface area contributed by atoms with Gasteiger partial charge in [-0.2, -0.15) is 0 Å². The standard InChI is InChI=1S/C10H18O/c1-8(6-9-4-5-9)10(2,3)7-11/h7-9H,4-6H2,1-3H3/t8-/m0/s1. The van der Waals surface area contributed by atoms with Gasteiger partial charge < -0.3 is 4.79 Å². The maximum Gasteiger partial charge on any atom is 0.125 e. The van der Waals surface area contributed by atoms with Crippen LogP contribution in [0.4, 0.5) is 0 Å². The zero-order chi connectivity index (χ0) is 8.48. The van der Waals surface area contributed by atoms with Crippen molar-refractivity contribution >= 4 is 6.29 Å². The van der Waals surface area contributed by atoms with Gasteiger partial charge in [0.1, 0.15) is 6.29 Å². The van der Waals surface area contributed by atoms with Crippen LogP contribution in [-0.4, -0.2) is 6.29 Å². The minimum Gasteiger partial charge on any atom is -0.303 e. The van der Waals surface area contributed by atoms with Crippen molar-refractivity contribution in [1.29, 1.82) is 0 Å². The lowest BCUT2D eigenvalue weighted by Gasteiger charge is -2.25. The highest BCUT2D eigenvalue weighted by molar-refractivity contribution is 5.58. The number of rotatable bonds is 4. The molecule has 64 valence electrons. The molecule has 1 fully saturated rings. The monoisotopic (exact) mass is 154 g/mol. The minimum absolute atomic E-state index is 0.109. The van der Waals surface area contributed by atoms with Crippen molar-refractivity contribution in [3.63, 3.8) is 0 Å². The first kappa shape index (κ1) is 8.76. The van der Waals surface area contributed by atoms with Crippen molar-refractivity contribution in [1.82, 2.24) is 0 Å². The summed E-state index contributed by atoms with van der Waals surface area (Å²) < 4.78 is 0. The second-order valence-electron chi connectivity index (χ2n) is 4.52. The van der Waals surface area contributed by atoms with Gasteiger partial charge in [0.2, 0.25) is 0 Å². The molecular formula is C10H18O. The van der Waals surface area contributed by atoms with Gasteiger partial charge >= 0.3 is 0 Å². The summed E-state index contributed by atoms with van der Waals surface area (Å²) in [6.45, 7) is 6.26. The van der Waals surface area contributed by atoms with E-state index < -0.39 is 0 Å². The van der Waals surface area contributed by atoms with E-state index in [1.165, 1.54) is 19.3 Å². The SMILES string of the molecule is C[C@@H](CC1CC1)C(C)(C)C=O. The highest BCUT2D eigenvalue weighted by atomic mass is 16.1. The maximum absolute atomic E-state index is 10.7. The van der Waals surface area contributed by atoms with Gasteiger partial charge in [-0.1, -0.05) is 33.6 Å². The van der Waals surface area contributed by atoms with E-state index in [-0.39, 0.29) is 5.41 Å². The first-order valence-electron chi connectivity index (χ1n) is 4.52. The molecule has 1 aliphatic rings. The van der Waals surface area contributed by atoms with E-state index in [9.17, 15) is 4.79 Å². The number of hydrogen-bond acceptors (Lipinski definition) is 1. The summed E-state index contributed by atoms with van der Waals surface area (Å²) >= 11 is 0. The molecule has 0 aromatic rings. The fraction of sp³-hybridized carbons (Fsp3) is 0.900. The van der Waals surface area contributed by atoms with Gasteiger partial charge in [0, 0.05) is 5.41 Å². The predicted octanol–water partition coefficient (Wildman–Crippen LogP) is 2.65. The van der Waals surface area contributed by atoms with Crippen LogP contribution in [0.15, 0.2) is 0 Å². The second kappa shape index (κ2) is 2.96. The van der Waals surface area contributed by atoms with E-state index in [1.54, 1.807) is 0 Å². The molecule has 0 aromatic heterocycles. The molecule has 1 atom stereocenters. The van der Waals surface area contributed by atoms with E-state index in [0.717, 1.165) is 12.2 Å². The van der Waals surface area contributed by atoms with Crippen molar-refractivity contribution in [2.24, 2.45) is 17.3 Å². The highest BCUT2D eigenvalue weighted by Crippen LogP contribution is 2.40. The predicted molar refractivity (Wildman–Crippen MR) is 46.4 cm³/mol. The molecule has 0 heterocycles. The van der Waals surface area contributed by atoms with Crippen molar-refractivity contribution in [2.45, 2.75) is 40.0 Å². The summed E-state index contributed by atoms with van der Waals surface area (Å²) in [5.41, 5.74) is -0.109. The Hall–Kier alpha value is -0.330. The van der Waals surface area contributed by atoms with Gasteiger partial charge in [-0.15, -0.1) is 0 Å². The van der Waals surface area contributed by atoms with Crippen molar-refractivity contribution < 1.29 is 4.79 Å². The molecule has 1 aliphatic carbocycles. The maximum atomic E-state index is 10.7. The topological polar surface area (TPSA) is 17.1 Å². The summed E-state index contributed by atoms with van der Waals surface area (Å²) in [4.78, 5) is 10.7. The van der Waals surface area contributed by atoms with Crippen LogP contribution in [0.1, 0.15) is 40.0 Å². The van der Waals surface area contributed by atoms with Crippen LogP contribution in [0.5, 0.6) is 0 Å². The third kappa shape index (κ3) is 2.32. The smallest absolute Gasteiger partial charge is 0.125 e. The molecule has 0 aromatic carbocycles. The lowest BCUT2D eigenvalue weighted by Crippen LogP contribution is -2.23. The van der Waals surface area contributed by atoms with E-state index in [2.05, 4.69) is 6.92 Å². The first-order valence-corrected chi connectivity index (χ1v) is 4.52. The van der Waals surface area contributed by atoms with Gasteiger partial charge in [0.15, 0.2) is 0 Å². The number of carbonyl (C=O) groups excluding carboxylic acids is 1. The molecule has 1 heteroatoms. The zero-order valence-electron chi connectivity index (χ0n) is 7.76. The summed E-state index contributed by atoms with van der Waals surface area (Å²) in [6, 6.07) is 0. The van der Waals surface area contributed by atoms with Crippen LogP contribution in [0.3, 0.4) is 0 Å². The van der Waals surface area contributed by atoms with Gasteiger partial charge in [0.05, 0.1) is 0 Å². The Kier molecular flexibility index (Phi) is 2.36. The lowest BCUT2D eigenvalue weighted by molar-refractivity contribution is -0.117. The molecule has 0 aliphatic heterocycles. The quantitative estimate of drug-likeness (QED) is 0.569. The lowest BCUT2D eigenvalue weighted by atomic mass is 9.78. The minimum atomic E-state index is -0.109. The Morgan fingerprint density at radius 2 is 2.09 bits per heavy atom. The second-order valence-corrected chi connectivity index (χ2v) is 4.52. The molecule has 1 saturated carbocycles. The van der Waals surface area contributed by atoms with Crippen LogP contribution in [0, 0.1) is 17.3 Å². The molecule has 0 saturated heterocycles. The van der Waals surface area contributed by atoms with Gasteiger partial charge in [-0.25, -0.2) is 0 Å². The number of carbonyl (C=O) groups is 1. The van der Waals surface area contributed by atoms with E-state index >= 15 is 0 Å². The molecular weight excluding hydrogens is 136 g/mol. The molecule has 0 spiro atoms. The molecule has 0 N–H and O–H groups in total. The molecule has 1 rings (SSSR count). The summed E-state index contributed by atoms with van der Waals surface area (Å²) in [5, 5.41) is 0. The van der Waals surface area contributed by atoms with E-state index in [4.69, 9.17) is 0 Å². The van der Waals surface area contributed by atoms with Gasteiger partial charge in [0.25, 0.3) is 0 Å². The van der Waals surface area contributed by atoms with Crippen LogP contribution in [0.25, 0.3) is 0 Å². The van der Waals surface area contributed by atoms with E-state index in [0.29, 0.717) is 5.92 Å². The Morgan fingerprint density at radius 1 is 1.55 bits per heavy atom. The molecule has 0 amide bonds. The third-order valence-corrected chi connectivity index (χ3v) is 2.96. The fourth-order valence-corrected chi connectivity index (χ4v) is 1.27. The molecule has 0 bridgehead atoms. The Labute approximate surface area is 69.2 Å². The largest absolute Gasteiger partial charge is 0.303 e. The highest BCUT2D eigenvalue weighted by Gasteiger charge is 2.31. The Morgan fingerprint density at radius 3 is 2.45 bits per heavy atom. The van der Waals surface area contributed by atoms with Gasteiger partial charge in [-0.3, -0.25) is 0 Å². The summed E-state index contributed by atoms with van der Waals surface area (Å²) in [5.74, 6) is 1.48. The normalized spacial score (nSPS) is 21.4. The molecule has 0 unspecified atom stereocenters. The van der Waals surface area contributed by atoms with Crippen LogP contribution >= 0.6 is 0 Å². The zero-order valence-corrected chi connectivity index (χ0v) is 7.76. The first-order chi connectivity index (χ1) is 5.06. The fourth-order valence-electron chi connectivity index (χ4n) is 1.27. The Bertz CT molecular complexity index is 145. The molecule has 0 radical (unpaired) electrons. The number of hydrogen-bond donors (Lipinski definition) is 0. The molecule has 11 heavy (non-hydrogen) atoms. The molecule has 1 nitrogen and oxygen atoms in total. The van der Waals surface area contributed by atoms with Crippen molar-refractivity contribution in [2.75, 3.05) is 0 Å². The third-order valence-electron chi connectivity index (χ3n) is 2.96. The summed E-state index contributed by atoms with van der Waals surface area (Å²) in [7, 11) is 0. The van der Waals surface area contributed by atoms with Crippen molar-refractivity contribution in [3.8, 4) is 0 Å².